The highest BCUT2D eigenvalue weighted by atomic mass is 28.3. The third kappa shape index (κ3) is 5.23. The minimum atomic E-state index is -1.77. The SMILES string of the molecule is C[Si](C)(c1ccc(C#Cc2ccccc2)cc1)c1ccc(C#Cc2ccccc2)cc1. The molecule has 31 heavy (non-hydrogen) atoms. The summed E-state index contributed by atoms with van der Waals surface area (Å²) in [5.74, 6) is 13.0. The zero-order valence-electron chi connectivity index (χ0n) is 17.9. The van der Waals surface area contributed by atoms with Crippen molar-refractivity contribution in [2.45, 2.75) is 13.1 Å². The van der Waals surface area contributed by atoms with Crippen LogP contribution in [-0.4, -0.2) is 8.07 Å². The Balaban J connectivity index is 1.50. The van der Waals surface area contributed by atoms with Gasteiger partial charge in [0, 0.05) is 22.3 Å². The van der Waals surface area contributed by atoms with Gasteiger partial charge in [0.25, 0.3) is 0 Å². The third-order valence-corrected chi connectivity index (χ3v) is 9.02. The summed E-state index contributed by atoms with van der Waals surface area (Å²) in [6.07, 6.45) is 0. The molecule has 0 heterocycles. The first-order valence-electron chi connectivity index (χ1n) is 10.5. The molecule has 4 aromatic carbocycles. The summed E-state index contributed by atoms with van der Waals surface area (Å²) in [7, 11) is -1.77. The topological polar surface area (TPSA) is 0 Å². The van der Waals surface area contributed by atoms with Crippen LogP contribution in [-0.2, 0) is 0 Å². The molecule has 0 saturated heterocycles. The van der Waals surface area contributed by atoms with Gasteiger partial charge < -0.3 is 0 Å². The van der Waals surface area contributed by atoms with Gasteiger partial charge in [-0.05, 0) is 48.5 Å². The molecule has 148 valence electrons. The first kappa shape index (κ1) is 20.5. The van der Waals surface area contributed by atoms with Crippen LogP contribution in [0.4, 0.5) is 0 Å². The van der Waals surface area contributed by atoms with Gasteiger partial charge in [-0.15, -0.1) is 0 Å². The van der Waals surface area contributed by atoms with E-state index < -0.39 is 8.07 Å². The van der Waals surface area contributed by atoms with Crippen LogP contribution in [0.25, 0.3) is 0 Å². The predicted octanol–water partition coefficient (Wildman–Crippen LogP) is 5.31. The number of hydrogen-bond donors (Lipinski definition) is 0. The molecule has 0 N–H and O–H groups in total. The summed E-state index contributed by atoms with van der Waals surface area (Å²) in [4.78, 5) is 0. The minimum Gasteiger partial charge on any atom is -0.0622 e. The number of rotatable bonds is 2. The summed E-state index contributed by atoms with van der Waals surface area (Å²) >= 11 is 0. The summed E-state index contributed by atoms with van der Waals surface area (Å²) in [5.41, 5.74) is 4.17. The van der Waals surface area contributed by atoms with Crippen molar-refractivity contribution in [1.29, 1.82) is 0 Å². The molecule has 0 nitrogen and oxygen atoms in total. The fraction of sp³-hybridized carbons (Fsp3) is 0.0667. The highest BCUT2D eigenvalue weighted by molar-refractivity contribution is 7.00. The van der Waals surface area contributed by atoms with E-state index in [1.165, 1.54) is 10.4 Å². The van der Waals surface area contributed by atoms with Gasteiger partial charge in [-0.25, -0.2) is 0 Å². The Labute approximate surface area is 186 Å². The maximum absolute atomic E-state index is 3.26. The molecule has 4 rings (SSSR count). The van der Waals surface area contributed by atoms with Crippen molar-refractivity contribution in [3.05, 3.63) is 131 Å². The molecular formula is C30H24Si. The smallest absolute Gasteiger partial charge is 0.0622 e. The lowest BCUT2D eigenvalue weighted by Gasteiger charge is -2.23. The van der Waals surface area contributed by atoms with Crippen LogP contribution in [0.3, 0.4) is 0 Å². The highest BCUT2D eigenvalue weighted by Gasteiger charge is 2.25. The van der Waals surface area contributed by atoms with Crippen LogP contribution in [0.1, 0.15) is 22.3 Å². The Morgan fingerprint density at radius 3 is 1.00 bits per heavy atom. The van der Waals surface area contributed by atoms with Crippen molar-refractivity contribution < 1.29 is 0 Å². The van der Waals surface area contributed by atoms with E-state index in [2.05, 4.69) is 85.3 Å². The van der Waals surface area contributed by atoms with Gasteiger partial charge >= 0.3 is 0 Å². The first-order chi connectivity index (χ1) is 15.1. The molecular weight excluding hydrogens is 388 g/mol. The molecule has 0 aromatic heterocycles. The first-order valence-corrected chi connectivity index (χ1v) is 13.5. The third-order valence-electron chi connectivity index (χ3n) is 5.46. The van der Waals surface area contributed by atoms with Gasteiger partial charge in [-0.2, -0.15) is 0 Å². The van der Waals surface area contributed by atoms with E-state index in [0.717, 1.165) is 22.3 Å². The summed E-state index contributed by atoms with van der Waals surface area (Å²) in [5, 5.41) is 2.81. The molecule has 0 bridgehead atoms. The second kappa shape index (κ2) is 9.35. The van der Waals surface area contributed by atoms with Crippen LogP contribution < -0.4 is 10.4 Å². The van der Waals surface area contributed by atoms with E-state index in [1.807, 2.05) is 60.7 Å². The van der Waals surface area contributed by atoms with Crippen LogP contribution in [0.2, 0.25) is 13.1 Å². The number of hydrogen-bond acceptors (Lipinski definition) is 0. The van der Waals surface area contributed by atoms with Gasteiger partial charge in [0.15, 0.2) is 0 Å². The molecule has 0 aliphatic carbocycles. The normalized spacial score (nSPS) is 10.4. The van der Waals surface area contributed by atoms with E-state index in [9.17, 15) is 0 Å². The average molecular weight is 413 g/mol. The van der Waals surface area contributed by atoms with Crippen molar-refractivity contribution in [3.8, 4) is 23.7 Å². The molecule has 0 unspecified atom stereocenters. The Bertz CT molecular complexity index is 1160. The standard InChI is InChI=1S/C30H24Si/c1-31(2,29-21-17-27(18-22-29)15-13-25-9-5-3-6-10-25)30-23-19-28(20-24-30)16-14-26-11-7-4-8-12-26/h3-12,17-24H,1-2H3. The van der Waals surface area contributed by atoms with Crippen LogP contribution in [0.5, 0.6) is 0 Å². The molecule has 0 radical (unpaired) electrons. The van der Waals surface area contributed by atoms with Crippen molar-refractivity contribution >= 4 is 18.4 Å². The monoisotopic (exact) mass is 412 g/mol. The molecule has 0 spiro atoms. The largest absolute Gasteiger partial charge is 0.112 e. The zero-order chi connectivity index (χ0) is 21.5. The summed E-state index contributed by atoms with van der Waals surface area (Å²) in [6.45, 7) is 4.78. The summed E-state index contributed by atoms with van der Waals surface area (Å²) < 4.78 is 0. The maximum Gasteiger partial charge on any atom is 0.112 e. The van der Waals surface area contributed by atoms with Crippen LogP contribution in [0, 0.1) is 23.7 Å². The fourth-order valence-corrected chi connectivity index (χ4v) is 5.77. The zero-order valence-corrected chi connectivity index (χ0v) is 18.9. The summed E-state index contributed by atoms with van der Waals surface area (Å²) in [6, 6.07) is 37.7. The van der Waals surface area contributed by atoms with E-state index >= 15 is 0 Å². The highest BCUT2D eigenvalue weighted by Crippen LogP contribution is 2.08. The van der Waals surface area contributed by atoms with Crippen molar-refractivity contribution in [2.24, 2.45) is 0 Å². The lowest BCUT2D eigenvalue weighted by molar-refractivity contribution is 1.61. The predicted molar refractivity (Wildman–Crippen MR) is 134 cm³/mol. The molecule has 0 aliphatic rings. The van der Waals surface area contributed by atoms with E-state index in [-0.39, 0.29) is 0 Å². The van der Waals surface area contributed by atoms with E-state index in [4.69, 9.17) is 0 Å². The van der Waals surface area contributed by atoms with E-state index in [0.29, 0.717) is 0 Å². The maximum atomic E-state index is 3.26. The second-order valence-electron chi connectivity index (χ2n) is 8.01. The fourth-order valence-electron chi connectivity index (χ4n) is 3.44. The van der Waals surface area contributed by atoms with Crippen molar-refractivity contribution in [2.75, 3.05) is 0 Å². The van der Waals surface area contributed by atoms with Gasteiger partial charge in [-0.1, -0.05) is 108 Å². The molecule has 1 heteroatoms. The quantitative estimate of drug-likeness (QED) is 0.309. The lowest BCUT2D eigenvalue weighted by Crippen LogP contribution is -2.52. The minimum absolute atomic E-state index is 1.04. The molecule has 0 aliphatic heterocycles. The van der Waals surface area contributed by atoms with Crippen LogP contribution in [0.15, 0.2) is 109 Å². The number of benzene rings is 4. The lowest BCUT2D eigenvalue weighted by atomic mass is 10.2. The van der Waals surface area contributed by atoms with Gasteiger partial charge in [0.2, 0.25) is 0 Å². The molecule has 0 atom stereocenters. The molecule has 4 aromatic rings. The molecule has 0 amide bonds. The van der Waals surface area contributed by atoms with Gasteiger partial charge in [0.1, 0.15) is 8.07 Å². The molecule has 0 fully saturated rings. The van der Waals surface area contributed by atoms with E-state index in [1.54, 1.807) is 0 Å². The molecule has 0 saturated carbocycles. The average Bonchev–Trinajstić information content (AvgIpc) is 2.83. The Hall–Kier alpha value is -3.78. The Kier molecular flexibility index (Phi) is 6.18. The Morgan fingerprint density at radius 1 is 0.387 bits per heavy atom. The van der Waals surface area contributed by atoms with Crippen molar-refractivity contribution in [3.63, 3.8) is 0 Å². The van der Waals surface area contributed by atoms with Gasteiger partial charge in [-0.3, -0.25) is 0 Å². The Morgan fingerprint density at radius 2 is 0.677 bits per heavy atom. The van der Waals surface area contributed by atoms with Crippen LogP contribution >= 0.6 is 0 Å². The second-order valence-corrected chi connectivity index (χ2v) is 12.4. The van der Waals surface area contributed by atoms with Gasteiger partial charge in [0.05, 0.1) is 0 Å². The van der Waals surface area contributed by atoms with Crippen molar-refractivity contribution in [1.82, 2.24) is 0 Å².